The first-order valence-corrected chi connectivity index (χ1v) is 8.22. The smallest absolute Gasteiger partial charge is 1.00 e. The molecule has 0 aliphatic carbocycles. The van der Waals surface area contributed by atoms with Gasteiger partial charge in [-0.15, -0.1) is 0 Å². The summed E-state index contributed by atoms with van der Waals surface area (Å²) in [5, 5.41) is 6.38. The Balaban J connectivity index is -0.000000361. The Morgan fingerprint density at radius 2 is 1.42 bits per heavy atom. The van der Waals surface area contributed by atoms with Crippen LogP contribution in [0.4, 0.5) is 0 Å². The van der Waals surface area contributed by atoms with Gasteiger partial charge < -0.3 is 32.3 Å². The second-order valence-electron chi connectivity index (χ2n) is 4.12. The predicted octanol–water partition coefficient (Wildman–Crippen LogP) is -5.96. The van der Waals surface area contributed by atoms with Crippen LogP contribution >= 0.6 is 15.2 Å². The quantitative estimate of drug-likeness (QED) is 0.252. The molecule has 1 saturated heterocycles. The SMILES string of the molecule is O=P(O)(O)C(O)(CC1CCOCC1)P(=O)(O)O.[H-].[H-].[Na+].[Na+]. The van der Waals surface area contributed by atoms with Crippen LogP contribution in [0.25, 0.3) is 0 Å². The van der Waals surface area contributed by atoms with Gasteiger partial charge in [-0.1, -0.05) is 0 Å². The summed E-state index contributed by atoms with van der Waals surface area (Å²) in [4.78, 5) is 35.8. The fourth-order valence-electron chi connectivity index (χ4n) is 1.75. The Kier molecular flexibility index (Phi) is 10.8. The fourth-order valence-corrected chi connectivity index (χ4v) is 4.09. The molecule has 12 heteroatoms. The molecule has 1 rings (SSSR count). The van der Waals surface area contributed by atoms with Gasteiger partial charge >= 0.3 is 74.3 Å². The van der Waals surface area contributed by atoms with Crippen molar-refractivity contribution in [1.82, 2.24) is 0 Å². The molecule has 0 spiro atoms. The minimum atomic E-state index is -5.32. The van der Waals surface area contributed by atoms with Gasteiger partial charge in [-0.25, -0.2) is 0 Å². The third-order valence-electron chi connectivity index (χ3n) is 2.84. The van der Waals surface area contributed by atoms with E-state index >= 15 is 0 Å². The molecule has 0 amide bonds. The van der Waals surface area contributed by atoms with E-state index in [1.165, 1.54) is 0 Å². The van der Waals surface area contributed by atoms with Crippen molar-refractivity contribution >= 4 is 15.2 Å². The van der Waals surface area contributed by atoms with Gasteiger partial charge in [0.05, 0.1) is 0 Å². The van der Waals surface area contributed by atoms with Crippen LogP contribution in [0.15, 0.2) is 0 Å². The Bertz CT molecular complexity index is 348. The second-order valence-corrected chi connectivity index (χ2v) is 8.13. The molecule has 0 bridgehead atoms. The molecule has 1 heterocycles. The monoisotopic (exact) mass is 338 g/mol. The summed E-state index contributed by atoms with van der Waals surface area (Å²) in [5.74, 6) is -0.381. The molecule has 0 atom stereocenters. The maximum absolute atomic E-state index is 11.1. The van der Waals surface area contributed by atoms with Gasteiger partial charge in [-0.3, -0.25) is 9.13 Å². The van der Waals surface area contributed by atoms with Crippen LogP contribution in [0.3, 0.4) is 0 Å². The van der Waals surface area contributed by atoms with Crippen molar-refractivity contribution in [1.29, 1.82) is 0 Å². The molecule has 0 radical (unpaired) electrons. The van der Waals surface area contributed by atoms with E-state index in [4.69, 9.17) is 24.3 Å². The topological polar surface area (TPSA) is 145 Å². The first-order chi connectivity index (χ1) is 7.58. The third-order valence-corrected chi connectivity index (χ3v) is 6.63. The summed E-state index contributed by atoms with van der Waals surface area (Å²) < 4.78 is 27.2. The van der Waals surface area contributed by atoms with Crippen molar-refractivity contribution in [3.63, 3.8) is 0 Å². The van der Waals surface area contributed by atoms with E-state index in [1.807, 2.05) is 0 Å². The van der Waals surface area contributed by atoms with Crippen molar-refractivity contribution in [2.24, 2.45) is 5.92 Å². The van der Waals surface area contributed by atoms with E-state index in [9.17, 15) is 14.2 Å². The number of hydrogen-bond acceptors (Lipinski definition) is 4. The number of rotatable bonds is 4. The van der Waals surface area contributed by atoms with Crippen molar-refractivity contribution in [3.8, 4) is 0 Å². The molecule has 1 fully saturated rings. The van der Waals surface area contributed by atoms with Gasteiger partial charge in [0.2, 0.25) is 0 Å². The predicted molar refractivity (Wildman–Crippen MR) is 59.4 cm³/mol. The number of ether oxygens (including phenoxy) is 1. The number of hydrogen-bond donors (Lipinski definition) is 5. The summed E-state index contributed by atoms with van der Waals surface area (Å²) in [7, 11) is -10.6. The molecule has 0 unspecified atom stereocenters. The largest absolute Gasteiger partial charge is 1.00 e. The van der Waals surface area contributed by atoms with Crippen LogP contribution < -0.4 is 59.1 Å². The van der Waals surface area contributed by atoms with E-state index in [-0.39, 0.29) is 67.9 Å². The molecule has 0 saturated carbocycles. The van der Waals surface area contributed by atoms with Gasteiger partial charge in [0.1, 0.15) is 0 Å². The molecule has 0 aromatic rings. The third kappa shape index (κ3) is 6.08. The zero-order valence-corrected chi connectivity index (χ0v) is 16.8. The van der Waals surface area contributed by atoms with E-state index in [0.717, 1.165) is 0 Å². The molecule has 0 aromatic heterocycles. The van der Waals surface area contributed by atoms with E-state index in [2.05, 4.69) is 0 Å². The fraction of sp³-hybridized carbons (Fsp3) is 1.00. The summed E-state index contributed by atoms with van der Waals surface area (Å²) in [6.07, 6.45) is 0.176. The van der Waals surface area contributed by atoms with Crippen molar-refractivity contribution in [3.05, 3.63) is 0 Å². The maximum atomic E-state index is 11.1. The standard InChI is InChI=1S/C7H16O8P2.2Na.2H/c8-7(16(9,10)11,17(12,13)14)5-6-1-3-15-4-2-6;;;;/h6,8H,1-5H2,(H2,9,10,11)(H2,12,13,14);;;;/q;2*+1;2*-1. The molecule has 1 aliphatic heterocycles. The molecular formula is C7H18Na2O8P2. The van der Waals surface area contributed by atoms with Crippen LogP contribution in [0.1, 0.15) is 22.1 Å². The van der Waals surface area contributed by atoms with Crippen LogP contribution in [0.5, 0.6) is 0 Å². The first-order valence-electron chi connectivity index (χ1n) is 4.99. The summed E-state index contributed by atoms with van der Waals surface area (Å²) in [6.45, 7) is 0.701. The van der Waals surface area contributed by atoms with E-state index in [1.54, 1.807) is 0 Å². The van der Waals surface area contributed by atoms with E-state index < -0.39 is 26.7 Å². The minimum Gasteiger partial charge on any atom is -1.00 e. The molecule has 5 N–H and O–H groups in total. The van der Waals surface area contributed by atoms with E-state index in [0.29, 0.717) is 26.1 Å². The number of aliphatic hydroxyl groups is 1. The zero-order valence-electron chi connectivity index (χ0n) is 13.0. The first kappa shape index (κ1) is 23.5. The van der Waals surface area contributed by atoms with Crippen LogP contribution in [-0.2, 0) is 13.9 Å². The maximum Gasteiger partial charge on any atom is 1.00 e. The van der Waals surface area contributed by atoms with Crippen molar-refractivity contribution in [2.75, 3.05) is 13.2 Å². The summed E-state index contributed by atoms with van der Waals surface area (Å²) in [5.41, 5.74) is 0. The van der Waals surface area contributed by atoms with Gasteiger partial charge in [0.25, 0.3) is 5.08 Å². The van der Waals surface area contributed by atoms with Crippen LogP contribution in [-0.4, -0.2) is 43.0 Å². The van der Waals surface area contributed by atoms with Crippen molar-refractivity contribution in [2.45, 2.75) is 24.3 Å². The molecule has 8 nitrogen and oxygen atoms in total. The average Bonchev–Trinajstić information content (AvgIpc) is 2.15. The second kappa shape index (κ2) is 8.75. The molecule has 19 heavy (non-hydrogen) atoms. The minimum absolute atomic E-state index is 0. The van der Waals surface area contributed by atoms with Crippen LogP contribution in [0, 0.1) is 5.92 Å². The summed E-state index contributed by atoms with van der Waals surface area (Å²) >= 11 is 0. The van der Waals surface area contributed by atoms with Crippen molar-refractivity contribution < 1.29 is 101 Å². The Hall–Kier alpha value is 2.22. The van der Waals surface area contributed by atoms with Gasteiger partial charge in [0.15, 0.2) is 0 Å². The average molecular weight is 338 g/mol. The summed E-state index contributed by atoms with van der Waals surface area (Å²) in [6, 6.07) is 0. The van der Waals surface area contributed by atoms with Gasteiger partial charge in [-0.05, 0) is 18.8 Å². The molecule has 1 aliphatic rings. The normalized spacial score (nSPS) is 18.4. The van der Waals surface area contributed by atoms with Gasteiger partial charge in [0, 0.05) is 19.6 Å². The molecular weight excluding hydrogens is 320 g/mol. The Morgan fingerprint density at radius 1 is 1.05 bits per heavy atom. The Labute approximate surface area is 158 Å². The molecule has 0 aromatic carbocycles. The molecule has 106 valence electrons. The zero-order chi connectivity index (χ0) is 13.3. The Morgan fingerprint density at radius 3 is 1.74 bits per heavy atom. The van der Waals surface area contributed by atoms with Crippen LogP contribution in [0.2, 0.25) is 0 Å². The van der Waals surface area contributed by atoms with Gasteiger partial charge in [-0.2, -0.15) is 0 Å².